The van der Waals surface area contributed by atoms with Gasteiger partial charge in [0.2, 0.25) is 5.91 Å². The first-order valence-electron chi connectivity index (χ1n) is 8.38. The van der Waals surface area contributed by atoms with Gasteiger partial charge in [-0.3, -0.25) is 9.78 Å². The highest BCUT2D eigenvalue weighted by atomic mass is 16.2. The molecule has 2 heterocycles. The second-order valence-corrected chi connectivity index (χ2v) is 6.25. The lowest BCUT2D eigenvalue weighted by Crippen LogP contribution is -2.48. The molecule has 1 aliphatic rings. The van der Waals surface area contributed by atoms with Gasteiger partial charge < -0.3 is 10.6 Å². The summed E-state index contributed by atoms with van der Waals surface area (Å²) in [5.41, 5.74) is 10.9. The largest absolute Gasteiger partial charge is 0.320 e. The predicted octanol–water partition coefficient (Wildman–Crippen LogP) is 3.17. The molecule has 3 aromatic rings. The average Bonchev–Trinajstić information content (AvgIpc) is 2.66. The molecular weight excluding hydrogens is 310 g/mol. The fourth-order valence-electron chi connectivity index (χ4n) is 3.20. The van der Waals surface area contributed by atoms with Crippen molar-refractivity contribution in [2.75, 3.05) is 4.90 Å². The van der Waals surface area contributed by atoms with Crippen molar-refractivity contribution in [2.24, 2.45) is 5.73 Å². The maximum atomic E-state index is 12.6. The molecule has 0 unspecified atom stereocenters. The predicted molar refractivity (Wildman–Crippen MR) is 99.0 cm³/mol. The first-order chi connectivity index (χ1) is 12.2. The molecular formula is C21H19N3O. The highest BCUT2D eigenvalue weighted by molar-refractivity contribution is 5.99. The Kier molecular flexibility index (Phi) is 4.04. The number of anilines is 1. The van der Waals surface area contributed by atoms with Crippen LogP contribution in [0.3, 0.4) is 0 Å². The van der Waals surface area contributed by atoms with Gasteiger partial charge in [0.25, 0.3) is 0 Å². The number of hydrogen-bond acceptors (Lipinski definition) is 3. The van der Waals surface area contributed by atoms with Crippen molar-refractivity contribution in [1.29, 1.82) is 0 Å². The number of nitrogens with zero attached hydrogens (tertiary/aromatic N) is 2. The van der Waals surface area contributed by atoms with E-state index in [4.69, 9.17) is 10.7 Å². The summed E-state index contributed by atoms with van der Waals surface area (Å²) >= 11 is 0. The Balaban J connectivity index is 1.72. The molecule has 0 saturated heterocycles. The lowest BCUT2D eigenvalue weighted by atomic mass is 10.00. The Morgan fingerprint density at radius 3 is 2.36 bits per heavy atom. The minimum Gasteiger partial charge on any atom is -0.320 e. The second-order valence-electron chi connectivity index (χ2n) is 6.25. The molecule has 0 radical (unpaired) electrons. The maximum absolute atomic E-state index is 12.6. The minimum atomic E-state index is -0.547. The van der Waals surface area contributed by atoms with Crippen LogP contribution in [-0.4, -0.2) is 16.9 Å². The molecule has 0 bridgehead atoms. The third kappa shape index (κ3) is 3.04. The van der Waals surface area contributed by atoms with E-state index in [1.807, 2.05) is 72.8 Å². The monoisotopic (exact) mass is 329 g/mol. The summed E-state index contributed by atoms with van der Waals surface area (Å²) in [7, 11) is 0. The number of rotatable bonds is 3. The van der Waals surface area contributed by atoms with E-state index >= 15 is 0 Å². The quantitative estimate of drug-likeness (QED) is 0.803. The zero-order valence-corrected chi connectivity index (χ0v) is 13.8. The summed E-state index contributed by atoms with van der Waals surface area (Å²) in [5, 5.41) is 0. The molecule has 1 aliphatic heterocycles. The number of carbonyl (C=O) groups is 1. The molecule has 4 nitrogen and oxygen atoms in total. The van der Waals surface area contributed by atoms with Crippen LogP contribution in [0.15, 0.2) is 72.8 Å². The Morgan fingerprint density at radius 1 is 0.960 bits per heavy atom. The lowest BCUT2D eigenvalue weighted by molar-refractivity contribution is -0.120. The van der Waals surface area contributed by atoms with Gasteiger partial charge in [0, 0.05) is 12.0 Å². The number of fused-ring (bicyclic) bond motifs is 1. The number of benzene rings is 2. The number of pyridine rings is 1. The van der Waals surface area contributed by atoms with Crippen LogP contribution in [0.25, 0.3) is 11.3 Å². The van der Waals surface area contributed by atoms with Crippen LogP contribution in [0.2, 0.25) is 0 Å². The molecule has 4 heteroatoms. The smallest absolute Gasteiger partial charge is 0.244 e. The zero-order chi connectivity index (χ0) is 17.2. The van der Waals surface area contributed by atoms with Crippen LogP contribution >= 0.6 is 0 Å². The van der Waals surface area contributed by atoms with Gasteiger partial charge in [0.1, 0.15) is 0 Å². The summed E-state index contributed by atoms with van der Waals surface area (Å²) < 4.78 is 0. The van der Waals surface area contributed by atoms with Crippen LogP contribution < -0.4 is 10.6 Å². The van der Waals surface area contributed by atoms with Crippen LogP contribution in [-0.2, 0) is 17.8 Å². The van der Waals surface area contributed by atoms with Crippen LogP contribution in [0.4, 0.5) is 5.69 Å². The Morgan fingerprint density at radius 2 is 1.64 bits per heavy atom. The molecule has 1 atom stereocenters. The molecule has 1 amide bonds. The lowest BCUT2D eigenvalue weighted by Gasteiger charge is -2.32. The van der Waals surface area contributed by atoms with Crippen molar-refractivity contribution < 1.29 is 4.79 Å². The maximum Gasteiger partial charge on any atom is 0.244 e. The first-order valence-corrected chi connectivity index (χ1v) is 8.38. The van der Waals surface area contributed by atoms with Gasteiger partial charge in [-0.1, -0.05) is 60.7 Å². The van der Waals surface area contributed by atoms with Gasteiger partial charge >= 0.3 is 0 Å². The number of aromatic nitrogens is 1. The third-order valence-electron chi connectivity index (χ3n) is 4.49. The number of amides is 1. The highest BCUT2D eigenvalue weighted by Gasteiger charge is 2.31. The molecule has 2 aromatic carbocycles. The van der Waals surface area contributed by atoms with E-state index in [1.54, 1.807) is 4.90 Å². The first kappa shape index (κ1) is 15.5. The molecule has 0 fully saturated rings. The molecule has 124 valence electrons. The number of nitrogens with two attached hydrogens (primary N) is 1. The van der Waals surface area contributed by atoms with Crippen LogP contribution in [0.5, 0.6) is 0 Å². The SMILES string of the molecule is N[C@H]1Cc2nc(-c3ccccc3)ccc2N(Cc2ccccc2)C1=O. The Hall–Kier alpha value is -2.98. The summed E-state index contributed by atoms with van der Waals surface area (Å²) in [6.45, 7) is 0.507. The van der Waals surface area contributed by atoms with E-state index in [9.17, 15) is 4.79 Å². The summed E-state index contributed by atoms with van der Waals surface area (Å²) in [6.07, 6.45) is 0.472. The minimum absolute atomic E-state index is 0.0504. The van der Waals surface area contributed by atoms with E-state index in [-0.39, 0.29) is 5.91 Å². The van der Waals surface area contributed by atoms with Gasteiger partial charge in [0.05, 0.1) is 29.7 Å². The Bertz CT molecular complexity index is 894. The van der Waals surface area contributed by atoms with Gasteiger partial charge in [-0.25, -0.2) is 0 Å². The van der Waals surface area contributed by atoms with Crippen molar-refractivity contribution in [3.8, 4) is 11.3 Å². The summed E-state index contributed by atoms with van der Waals surface area (Å²) in [6, 6.07) is 23.4. The topological polar surface area (TPSA) is 59.2 Å². The van der Waals surface area contributed by atoms with E-state index in [0.29, 0.717) is 13.0 Å². The second kappa shape index (κ2) is 6.49. The zero-order valence-electron chi connectivity index (χ0n) is 13.8. The summed E-state index contributed by atoms with van der Waals surface area (Å²) in [5.74, 6) is -0.0504. The van der Waals surface area contributed by atoms with Gasteiger partial charge in [-0.05, 0) is 17.7 Å². The molecule has 0 saturated carbocycles. The van der Waals surface area contributed by atoms with Crippen molar-refractivity contribution in [3.63, 3.8) is 0 Å². The highest BCUT2D eigenvalue weighted by Crippen LogP contribution is 2.30. The fraction of sp³-hybridized carbons (Fsp3) is 0.143. The average molecular weight is 329 g/mol. The van der Waals surface area contributed by atoms with E-state index < -0.39 is 6.04 Å². The van der Waals surface area contributed by atoms with Gasteiger partial charge in [0.15, 0.2) is 0 Å². The van der Waals surface area contributed by atoms with Crippen molar-refractivity contribution in [2.45, 2.75) is 19.0 Å². The molecule has 0 spiro atoms. The Labute approximate surface area is 146 Å². The fourth-order valence-corrected chi connectivity index (χ4v) is 3.20. The van der Waals surface area contributed by atoms with E-state index in [0.717, 1.165) is 28.2 Å². The van der Waals surface area contributed by atoms with E-state index in [1.165, 1.54) is 0 Å². The molecule has 0 aliphatic carbocycles. The standard InChI is InChI=1S/C21H19N3O/c22-17-13-19-20(12-11-18(23-19)16-9-5-2-6-10-16)24(21(17)25)14-15-7-3-1-4-8-15/h1-12,17H,13-14,22H2/t17-/m0/s1. The van der Waals surface area contributed by atoms with Crippen LogP contribution in [0.1, 0.15) is 11.3 Å². The van der Waals surface area contributed by atoms with Gasteiger partial charge in [-0.15, -0.1) is 0 Å². The van der Waals surface area contributed by atoms with Crippen molar-refractivity contribution >= 4 is 11.6 Å². The van der Waals surface area contributed by atoms with Gasteiger partial charge in [-0.2, -0.15) is 0 Å². The number of hydrogen-bond donors (Lipinski definition) is 1. The van der Waals surface area contributed by atoms with Crippen molar-refractivity contribution in [3.05, 3.63) is 84.1 Å². The summed E-state index contributed by atoms with van der Waals surface area (Å²) in [4.78, 5) is 19.2. The molecule has 1 aromatic heterocycles. The molecule has 4 rings (SSSR count). The third-order valence-corrected chi connectivity index (χ3v) is 4.49. The normalized spacial score (nSPS) is 16.6. The van der Waals surface area contributed by atoms with E-state index in [2.05, 4.69) is 0 Å². The molecule has 2 N–H and O–H groups in total. The van der Waals surface area contributed by atoms with Crippen molar-refractivity contribution in [1.82, 2.24) is 4.98 Å². The van der Waals surface area contributed by atoms with Crippen LogP contribution in [0, 0.1) is 0 Å². The molecule has 25 heavy (non-hydrogen) atoms. The number of carbonyl (C=O) groups excluding carboxylic acids is 1.